The van der Waals surface area contributed by atoms with Crippen molar-refractivity contribution in [2.45, 2.75) is 57.6 Å². The summed E-state index contributed by atoms with van der Waals surface area (Å²) in [6.07, 6.45) is 8.51. The molecule has 3 heteroatoms. The minimum Gasteiger partial charge on any atom is -0.375 e. The van der Waals surface area contributed by atoms with Gasteiger partial charge in [-0.15, -0.1) is 0 Å². The first-order valence-electron chi connectivity index (χ1n) is 7.48. The number of unbranched alkanes of at least 4 members (excludes halogenated alkanes) is 1. The number of nitrogens with one attached hydrogen (secondary N) is 1. The standard InChI is InChI=1S/C14H28N2O/c1-2-3-8-15-9-10-16-11-12-17-14-7-5-4-6-13(14)16/h13-15H,2-12H2,1H3. The quantitative estimate of drug-likeness (QED) is 0.719. The molecule has 1 saturated heterocycles. The van der Waals surface area contributed by atoms with E-state index in [1.807, 2.05) is 0 Å². The molecule has 1 N–H and O–H groups in total. The van der Waals surface area contributed by atoms with Gasteiger partial charge in [-0.1, -0.05) is 26.2 Å². The molecule has 3 nitrogen and oxygen atoms in total. The molecule has 2 fully saturated rings. The maximum atomic E-state index is 5.89. The molecular weight excluding hydrogens is 212 g/mol. The Bertz CT molecular complexity index is 208. The average molecular weight is 240 g/mol. The Morgan fingerprint density at radius 2 is 2.12 bits per heavy atom. The molecule has 1 saturated carbocycles. The van der Waals surface area contributed by atoms with E-state index in [1.165, 1.54) is 51.6 Å². The fourth-order valence-electron chi connectivity index (χ4n) is 3.10. The van der Waals surface area contributed by atoms with Gasteiger partial charge in [-0.3, -0.25) is 4.90 Å². The molecule has 0 aromatic rings. The summed E-state index contributed by atoms with van der Waals surface area (Å²) in [4.78, 5) is 2.66. The second kappa shape index (κ2) is 7.34. The van der Waals surface area contributed by atoms with Crippen molar-refractivity contribution in [2.75, 3.05) is 32.8 Å². The first-order chi connectivity index (χ1) is 8.42. The monoisotopic (exact) mass is 240 g/mol. The van der Waals surface area contributed by atoms with Crippen LogP contribution in [0.1, 0.15) is 45.4 Å². The topological polar surface area (TPSA) is 24.5 Å². The van der Waals surface area contributed by atoms with E-state index in [0.717, 1.165) is 19.7 Å². The Balaban J connectivity index is 1.67. The highest BCUT2D eigenvalue weighted by Gasteiger charge is 2.33. The van der Waals surface area contributed by atoms with E-state index in [2.05, 4.69) is 17.1 Å². The Morgan fingerprint density at radius 3 is 3.00 bits per heavy atom. The summed E-state index contributed by atoms with van der Waals surface area (Å²) >= 11 is 0. The minimum absolute atomic E-state index is 0.535. The van der Waals surface area contributed by atoms with E-state index in [4.69, 9.17) is 4.74 Å². The fourth-order valence-corrected chi connectivity index (χ4v) is 3.10. The molecule has 1 heterocycles. The van der Waals surface area contributed by atoms with Crippen LogP contribution >= 0.6 is 0 Å². The number of morpholine rings is 1. The van der Waals surface area contributed by atoms with Crippen molar-refractivity contribution in [3.63, 3.8) is 0 Å². The van der Waals surface area contributed by atoms with E-state index >= 15 is 0 Å². The van der Waals surface area contributed by atoms with Gasteiger partial charge in [-0.05, 0) is 25.8 Å². The number of hydrogen-bond acceptors (Lipinski definition) is 3. The van der Waals surface area contributed by atoms with E-state index in [1.54, 1.807) is 0 Å². The van der Waals surface area contributed by atoms with Gasteiger partial charge >= 0.3 is 0 Å². The molecule has 17 heavy (non-hydrogen) atoms. The molecular formula is C14H28N2O. The second-order valence-electron chi connectivity index (χ2n) is 5.40. The van der Waals surface area contributed by atoms with Gasteiger partial charge in [0.15, 0.2) is 0 Å². The molecule has 2 unspecified atom stereocenters. The van der Waals surface area contributed by atoms with Gasteiger partial charge in [0.1, 0.15) is 0 Å². The van der Waals surface area contributed by atoms with Crippen LogP contribution in [0, 0.1) is 0 Å². The highest BCUT2D eigenvalue weighted by Crippen LogP contribution is 2.27. The van der Waals surface area contributed by atoms with Crippen LogP contribution in [-0.4, -0.2) is 49.8 Å². The van der Waals surface area contributed by atoms with Crippen LogP contribution in [0.25, 0.3) is 0 Å². The van der Waals surface area contributed by atoms with Crippen LogP contribution in [0.5, 0.6) is 0 Å². The lowest BCUT2D eigenvalue weighted by Crippen LogP contribution is -2.54. The Morgan fingerprint density at radius 1 is 1.24 bits per heavy atom. The van der Waals surface area contributed by atoms with E-state index in [9.17, 15) is 0 Å². The zero-order chi connectivity index (χ0) is 11.9. The largest absolute Gasteiger partial charge is 0.375 e. The summed E-state index contributed by atoms with van der Waals surface area (Å²) in [7, 11) is 0. The van der Waals surface area contributed by atoms with Crippen LogP contribution in [0.4, 0.5) is 0 Å². The lowest BCUT2D eigenvalue weighted by Gasteiger charge is -2.43. The van der Waals surface area contributed by atoms with Crippen LogP contribution in [0.15, 0.2) is 0 Å². The van der Waals surface area contributed by atoms with Crippen LogP contribution in [0.2, 0.25) is 0 Å². The van der Waals surface area contributed by atoms with Gasteiger partial charge in [0.25, 0.3) is 0 Å². The zero-order valence-electron chi connectivity index (χ0n) is 11.3. The van der Waals surface area contributed by atoms with Gasteiger partial charge in [0, 0.05) is 25.7 Å². The van der Waals surface area contributed by atoms with Crippen LogP contribution in [0.3, 0.4) is 0 Å². The Labute approximate surface area is 106 Å². The SMILES string of the molecule is CCCCNCCN1CCOC2CCCCC21. The first-order valence-corrected chi connectivity index (χ1v) is 7.48. The number of hydrogen-bond donors (Lipinski definition) is 1. The molecule has 0 amide bonds. The molecule has 0 spiro atoms. The highest BCUT2D eigenvalue weighted by molar-refractivity contribution is 4.87. The van der Waals surface area contributed by atoms with Crippen LogP contribution in [-0.2, 0) is 4.74 Å². The predicted octanol–water partition coefficient (Wildman–Crippen LogP) is 2.02. The summed E-state index contributed by atoms with van der Waals surface area (Å²) in [5, 5.41) is 3.55. The van der Waals surface area contributed by atoms with Crippen molar-refractivity contribution < 1.29 is 4.74 Å². The average Bonchev–Trinajstić information content (AvgIpc) is 2.39. The third kappa shape index (κ3) is 3.94. The van der Waals surface area contributed by atoms with Gasteiger partial charge < -0.3 is 10.1 Å². The number of rotatable bonds is 6. The molecule has 0 aromatic carbocycles. The molecule has 0 bridgehead atoms. The molecule has 0 radical (unpaired) electrons. The van der Waals surface area contributed by atoms with Gasteiger partial charge in [-0.25, -0.2) is 0 Å². The van der Waals surface area contributed by atoms with Gasteiger partial charge in [0.2, 0.25) is 0 Å². The normalized spacial score (nSPS) is 30.2. The highest BCUT2D eigenvalue weighted by atomic mass is 16.5. The summed E-state index contributed by atoms with van der Waals surface area (Å²) < 4.78 is 5.89. The van der Waals surface area contributed by atoms with Crippen molar-refractivity contribution in [2.24, 2.45) is 0 Å². The van der Waals surface area contributed by atoms with Crippen molar-refractivity contribution in [3.05, 3.63) is 0 Å². The molecule has 2 rings (SSSR count). The molecule has 2 aliphatic rings. The van der Waals surface area contributed by atoms with Crippen molar-refractivity contribution in [1.82, 2.24) is 10.2 Å². The lowest BCUT2D eigenvalue weighted by atomic mass is 9.90. The molecule has 2 atom stereocenters. The van der Waals surface area contributed by atoms with Crippen molar-refractivity contribution in [3.8, 4) is 0 Å². The molecule has 100 valence electrons. The van der Waals surface area contributed by atoms with E-state index in [0.29, 0.717) is 12.1 Å². The van der Waals surface area contributed by atoms with Crippen molar-refractivity contribution >= 4 is 0 Å². The Kier molecular flexibility index (Phi) is 5.75. The molecule has 1 aliphatic carbocycles. The molecule has 1 aliphatic heterocycles. The summed E-state index contributed by atoms with van der Waals surface area (Å²) in [6, 6.07) is 0.713. The first kappa shape index (κ1) is 13.3. The molecule has 0 aromatic heterocycles. The van der Waals surface area contributed by atoms with E-state index < -0.39 is 0 Å². The smallest absolute Gasteiger partial charge is 0.0730 e. The number of ether oxygens (including phenoxy) is 1. The third-order valence-electron chi connectivity index (χ3n) is 4.13. The second-order valence-corrected chi connectivity index (χ2v) is 5.40. The zero-order valence-corrected chi connectivity index (χ0v) is 11.3. The number of fused-ring (bicyclic) bond motifs is 1. The van der Waals surface area contributed by atoms with Gasteiger partial charge in [-0.2, -0.15) is 0 Å². The maximum absolute atomic E-state index is 5.89. The maximum Gasteiger partial charge on any atom is 0.0730 e. The summed E-state index contributed by atoms with van der Waals surface area (Å²) in [5.74, 6) is 0. The van der Waals surface area contributed by atoms with Crippen LogP contribution < -0.4 is 5.32 Å². The summed E-state index contributed by atoms with van der Waals surface area (Å²) in [5.41, 5.74) is 0. The third-order valence-corrected chi connectivity index (χ3v) is 4.13. The number of nitrogens with zero attached hydrogens (tertiary/aromatic N) is 1. The fraction of sp³-hybridized carbons (Fsp3) is 1.00. The predicted molar refractivity (Wildman–Crippen MR) is 71.3 cm³/mol. The summed E-state index contributed by atoms with van der Waals surface area (Å²) in [6.45, 7) is 7.84. The van der Waals surface area contributed by atoms with E-state index in [-0.39, 0.29) is 0 Å². The van der Waals surface area contributed by atoms with Gasteiger partial charge in [0.05, 0.1) is 12.7 Å². The lowest BCUT2D eigenvalue weighted by molar-refractivity contribution is -0.0873. The minimum atomic E-state index is 0.535. The van der Waals surface area contributed by atoms with Crippen molar-refractivity contribution in [1.29, 1.82) is 0 Å². The Hall–Kier alpha value is -0.120.